The van der Waals surface area contributed by atoms with Crippen LogP contribution < -0.4 is 10.5 Å². The zero-order chi connectivity index (χ0) is 24.7. The van der Waals surface area contributed by atoms with Crippen LogP contribution in [0, 0.1) is 18.3 Å². The van der Waals surface area contributed by atoms with Crippen molar-refractivity contribution in [3.8, 4) is 6.07 Å². The second kappa shape index (κ2) is 12.6. The number of thiocarbonyl (C=S) groups is 1. The molecule has 0 radical (unpaired) electrons. The Bertz CT molecular complexity index is 1050. The van der Waals surface area contributed by atoms with Crippen LogP contribution in [0.25, 0.3) is 6.08 Å². The van der Waals surface area contributed by atoms with Crippen molar-refractivity contribution in [3.05, 3.63) is 31.9 Å². The lowest BCUT2D eigenvalue weighted by atomic mass is 10.0. The van der Waals surface area contributed by atoms with E-state index in [4.69, 9.17) is 12.2 Å². The van der Waals surface area contributed by atoms with E-state index in [1.165, 1.54) is 50.3 Å². The van der Waals surface area contributed by atoms with Crippen molar-refractivity contribution in [1.82, 2.24) is 9.47 Å². The molecule has 0 atom stereocenters. The summed E-state index contributed by atoms with van der Waals surface area (Å²) in [6, 6.07) is 2.08. The van der Waals surface area contributed by atoms with E-state index in [1.807, 2.05) is 13.0 Å². The summed E-state index contributed by atoms with van der Waals surface area (Å²) in [7, 11) is 1.73. The smallest absolute Gasteiger partial charge is 0.270 e. The first-order valence-corrected chi connectivity index (χ1v) is 13.8. The third-order valence-electron chi connectivity index (χ3n) is 6.76. The lowest BCUT2D eigenvalue weighted by Gasteiger charge is -2.28. The molecule has 2 fully saturated rings. The molecule has 0 aliphatic carbocycles. The van der Waals surface area contributed by atoms with Gasteiger partial charge >= 0.3 is 0 Å². The predicted octanol–water partition coefficient (Wildman–Crippen LogP) is 5.51. The lowest BCUT2D eigenvalue weighted by Crippen LogP contribution is -2.34. The number of anilines is 1. The van der Waals surface area contributed by atoms with Crippen LogP contribution in [-0.2, 0) is 11.8 Å². The van der Waals surface area contributed by atoms with Gasteiger partial charge in [0.25, 0.3) is 11.5 Å². The highest BCUT2D eigenvalue weighted by atomic mass is 32.2. The van der Waals surface area contributed by atoms with E-state index in [2.05, 4.69) is 17.9 Å². The Morgan fingerprint density at radius 3 is 2.35 bits per heavy atom. The van der Waals surface area contributed by atoms with E-state index in [1.54, 1.807) is 16.5 Å². The van der Waals surface area contributed by atoms with E-state index in [-0.39, 0.29) is 17.0 Å². The summed E-state index contributed by atoms with van der Waals surface area (Å²) in [5.41, 5.74) is 1.26. The number of unbranched alkanes of at least 4 members (excludes halogenated alkanes) is 5. The molecule has 0 saturated carbocycles. The molecule has 6 nitrogen and oxygen atoms in total. The maximum absolute atomic E-state index is 13.2. The number of aromatic nitrogens is 1. The van der Waals surface area contributed by atoms with Crippen LogP contribution in [-0.4, -0.2) is 39.3 Å². The molecule has 2 aliphatic heterocycles. The summed E-state index contributed by atoms with van der Waals surface area (Å²) in [6.07, 6.45) is 13.3. The summed E-state index contributed by atoms with van der Waals surface area (Å²) >= 11 is 6.86. The molecule has 1 aromatic rings. The third-order valence-corrected chi connectivity index (χ3v) is 8.14. The number of carbonyl (C=O) groups excluding carboxylic acids is 1. The van der Waals surface area contributed by atoms with Gasteiger partial charge in [-0.15, -0.1) is 0 Å². The fraction of sp³-hybridized carbons (Fsp3) is 0.615. The van der Waals surface area contributed by atoms with Crippen LogP contribution >= 0.6 is 24.0 Å². The maximum atomic E-state index is 13.2. The highest BCUT2D eigenvalue weighted by molar-refractivity contribution is 8.26. The summed E-state index contributed by atoms with van der Waals surface area (Å²) in [5, 5.41) is 9.67. The number of carbonyl (C=O) groups is 1. The average Bonchev–Trinajstić information content (AvgIpc) is 2.99. The van der Waals surface area contributed by atoms with Crippen molar-refractivity contribution in [2.45, 2.75) is 78.1 Å². The van der Waals surface area contributed by atoms with E-state index >= 15 is 0 Å². The van der Waals surface area contributed by atoms with Crippen molar-refractivity contribution in [2.75, 3.05) is 24.5 Å². The molecule has 1 amide bonds. The first kappa shape index (κ1) is 26.5. The molecule has 0 unspecified atom stereocenters. The van der Waals surface area contributed by atoms with Crippen LogP contribution in [0.1, 0.15) is 87.8 Å². The van der Waals surface area contributed by atoms with Gasteiger partial charge in [0.05, 0.1) is 4.91 Å². The summed E-state index contributed by atoms with van der Waals surface area (Å²) in [4.78, 5) is 30.7. The summed E-state index contributed by atoms with van der Waals surface area (Å²) in [5.74, 6) is 0.724. The molecule has 0 N–H and O–H groups in total. The fourth-order valence-corrected chi connectivity index (χ4v) is 6.04. The minimum atomic E-state index is -0.285. The Morgan fingerprint density at radius 1 is 1.06 bits per heavy atom. The van der Waals surface area contributed by atoms with Crippen LogP contribution in [0.4, 0.5) is 5.82 Å². The minimum Gasteiger partial charge on any atom is -0.357 e. The number of hydrogen-bond donors (Lipinski definition) is 0. The van der Waals surface area contributed by atoms with E-state index in [0.29, 0.717) is 21.3 Å². The van der Waals surface area contributed by atoms with Gasteiger partial charge in [0, 0.05) is 32.2 Å². The Labute approximate surface area is 213 Å². The Hall–Kier alpha value is -2.11. The fourth-order valence-electron chi connectivity index (χ4n) is 4.75. The van der Waals surface area contributed by atoms with Crippen molar-refractivity contribution >= 4 is 46.1 Å². The molecule has 0 spiro atoms. The molecule has 1 aromatic heterocycles. The topological polar surface area (TPSA) is 69.3 Å². The quantitative estimate of drug-likeness (QED) is 0.253. The van der Waals surface area contributed by atoms with E-state index in [0.717, 1.165) is 50.2 Å². The molecule has 3 rings (SSSR count). The molecule has 184 valence electrons. The standard InChI is InChI=1S/C26H36N4O2S2/c1-4-5-6-7-8-13-16-30-25(32)22(34-26(30)33)17-20-19(2)21(18-27)24(31)28(3)23(20)29-14-11-9-10-12-15-29/h17H,4-16H2,1-3H3/b22-17-. The number of nitrogens with zero attached hydrogens (tertiary/aromatic N) is 4. The molecular weight excluding hydrogens is 464 g/mol. The minimum absolute atomic E-state index is 0.0721. The highest BCUT2D eigenvalue weighted by Crippen LogP contribution is 2.36. The molecule has 2 saturated heterocycles. The maximum Gasteiger partial charge on any atom is 0.270 e. The number of hydrogen-bond acceptors (Lipinski definition) is 6. The molecule has 0 aromatic carbocycles. The van der Waals surface area contributed by atoms with Gasteiger partial charge in [-0.25, -0.2) is 0 Å². The summed E-state index contributed by atoms with van der Waals surface area (Å²) < 4.78 is 2.17. The van der Waals surface area contributed by atoms with Gasteiger partial charge in [-0.1, -0.05) is 75.8 Å². The highest BCUT2D eigenvalue weighted by Gasteiger charge is 2.32. The first-order chi connectivity index (χ1) is 16.4. The van der Waals surface area contributed by atoms with Crippen LogP contribution in [0.3, 0.4) is 0 Å². The number of nitriles is 1. The summed E-state index contributed by atoms with van der Waals surface area (Å²) in [6.45, 7) is 6.38. The van der Waals surface area contributed by atoms with Crippen molar-refractivity contribution in [3.63, 3.8) is 0 Å². The normalized spacial score (nSPS) is 18.0. The Kier molecular flexibility index (Phi) is 9.78. The third kappa shape index (κ3) is 5.92. The average molecular weight is 501 g/mol. The zero-order valence-electron chi connectivity index (χ0n) is 20.7. The SMILES string of the molecule is CCCCCCCCN1C(=O)/C(=C/c2c(C)c(C#N)c(=O)n(C)c2N2CCCCCC2)SC1=S. The molecule has 34 heavy (non-hydrogen) atoms. The van der Waals surface area contributed by atoms with Crippen molar-refractivity contribution in [2.24, 2.45) is 7.05 Å². The monoisotopic (exact) mass is 500 g/mol. The Morgan fingerprint density at radius 2 is 1.71 bits per heavy atom. The molecule has 8 heteroatoms. The predicted molar refractivity (Wildman–Crippen MR) is 145 cm³/mol. The van der Waals surface area contributed by atoms with Crippen LogP contribution in [0.2, 0.25) is 0 Å². The Balaban J connectivity index is 1.91. The lowest BCUT2D eigenvalue weighted by molar-refractivity contribution is -0.122. The molecule has 2 aliphatic rings. The largest absolute Gasteiger partial charge is 0.357 e. The van der Waals surface area contributed by atoms with Gasteiger partial charge in [0.2, 0.25) is 0 Å². The van der Waals surface area contributed by atoms with E-state index < -0.39 is 0 Å². The second-order valence-electron chi connectivity index (χ2n) is 9.22. The second-order valence-corrected chi connectivity index (χ2v) is 10.9. The van der Waals surface area contributed by atoms with Gasteiger partial charge in [-0.2, -0.15) is 5.26 Å². The number of amides is 1. The molecular formula is C26H36N4O2S2. The first-order valence-electron chi connectivity index (χ1n) is 12.5. The number of pyridine rings is 1. The zero-order valence-corrected chi connectivity index (χ0v) is 22.3. The van der Waals surface area contributed by atoms with Gasteiger partial charge in [0.1, 0.15) is 21.8 Å². The van der Waals surface area contributed by atoms with Gasteiger partial charge in [0.15, 0.2) is 0 Å². The van der Waals surface area contributed by atoms with Gasteiger partial charge in [-0.3, -0.25) is 19.1 Å². The van der Waals surface area contributed by atoms with Gasteiger partial charge in [-0.05, 0) is 37.8 Å². The van der Waals surface area contributed by atoms with Gasteiger partial charge < -0.3 is 4.90 Å². The van der Waals surface area contributed by atoms with Crippen molar-refractivity contribution < 1.29 is 4.79 Å². The molecule has 3 heterocycles. The van der Waals surface area contributed by atoms with E-state index in [9.17, 15) is 14.9 Å². The van der Waals surface area contributed by atoms with Crippen LogP contribution in [0.5, 0.6) is 0 Å². The van der Waals surface area contributed by atoms with Crippen molar-refractivity contribution in [1.29, 1.82) is 5.26 Å². The number of rotatable bonds is 9. The molecule has 0 bridgehead atoms. The van der Waals surface area contributed by atoms with Crippen LogP contribution in [0.15, 0.2) is 9.70 Å². The number of thioether (sulfide) groups is 1.